The Bertz CT molecular complexity index is 1290. The number of benzene rings is 1. The minimum absolute atomic E-state index is 0.0193. The van der Waals surface area contributed by atoms with E-state index in [0.29, 0.717) is 21.5 Å². The van der Waals surface area contributed by atoms with Gasteiger partial charge >= 0.3 is 5.69 Å². The molecule has 11 heteroatoms. The van der Waals surface area contributed by atoms with E-state index in [-0.39, 0.29) is 36.7 Å². The molecule has 0 bridgehead atoms. The van der Waals surface area contributed by atoms with E-state index in [2.05, 4.69) is 20.8 Å². The lowest BCUT2D eigenvalue weighted by Crippen LogP contribution is -2.33. The quantitative estimate of drug-likeness (QED) is 0.481. The standard InChI is InChI=1S/C18H17N7O3S/c1-23-17(27)13-6-3-2-5-12(13)14(20-23)11-15(26)19-8-9-24-18(28)25(22-21-24)16-7-4-10-29-16/h2-7,10H,8-9,11H2,1H3,(H,19,26). The molecule has 1 amide bonds. The second kappa shape index (κ2) is 7.80. The van der Waals surface area contributed by atoms with E-state index in [0.717, 1.165) is 0 Å². The molecule has 3 aromatic heterocycles. The van der Waals surface area contributed by atoms with Crippen LogP contribution in [0.2, 0.25) is 0 Å². The zero-order chi connectivity index (χ0) is 20.4. The maximum atomic E-state index is 12.4. The third-order valence-corrected chi connectivity index (χ3v) is 5.20. The van der Waals surface area contributed by atoms with E-state index >= 15 is 0 Å². The summed E-state index contributed by atoms with van der Waals surface area (Å²) in [4.78, 5) is 36.8. The maximum absolute atomic E-state index is 12.4. The Hall–Kier alpha value is -3.60. The van der Waals surface area contributed by atoms with Crippen molar-refractivity contribution >= 4 is 28.0 Å². The summed E-state index contributed by atoms with van der Waals surface area (Å²) < 4.78 is 3.64. The SMILES string of the molecule is Cn1nc(CC(=O)NCCn2nnn(-c3cccs3)c2=O)c2ccccc2c1=O. The van der Waals surface area contributed by atoms with Gasteiger partial charge in [0, 0.05) is 19.0 Å². The monoisotopic (exact) mass is 411 g/mol. The van der Waals surface area contributed by atoms with Crippen LogP contribution in [0.4, 0.5) is 0 Å². The summed E-state index contributed by atoms with van der Waals surface area (Å²) in [6.45, 7) is 0.406. The van der Waals surface area contributed by atoms with Gasteiger partial charge in [-0.15, -0.1) is 11.3 Å². The average molecular weight is 411 g/mol. The molecule has 0 spiro atoms. The zero-order valence-corrected chi connectivity index (χ0v) is 16.3. The molecule has 0 fully saturated rings. The molecule has 0 aliphatic rings. The summed E-state index contributed by atoms with van der Waals surface area (Å²) in [7, 11) is 1.56. The largest absolute Gasteiger partial charge is 0.369 e. The maximum Gasteiger partial charge on any atom is 0.369 e. The lowest BCUT2D eigenvalue weighted by Gasteiger charge is -2.08. The molecule has 0 radical (unpaired) electrons. The van der Waals surface area contributed by atoms with Crippen LogP contribution in [0.1, 0.15) is 5.69 Å². The van der Waals surface area contributed by atoms with E-state index in [1.165, 1.54) is 25.4 Å². The molecule has 4 rings (SSSR count). The van der Waals surface area contributed by atoms with Crippen LogP contribution in [-0.2, 0) is 24.8 Å². The Morgan fingerprint density at radius 2 is 1.90 bits per heavy atom. The van der Waals surface area contributed by atoms with Gasteiger partial charge in [0.25, 0.3) is 5.56 Å². The van der Waals surface area contributed by atoms with Crippen molar-refractivity contribution < 1.29 is 4.79 Å². The fraction of sp³-hybridized carbons (Fsp3) is 0.222. The predicted molar refractivity (Wildman–Crippen MR) is 107 cm³/mol. The first-order valence-electron chi connectivity index (χ1n) is 8.83. The summed E-state index contributed by atoms with van der Waals surface area (Å²) in [6.07, 6.45) is 0.0193. The van der Waals surface area contributed by atoms with Crippen molar-refractivity contribution in [2.45, 2.75) is 13.0 Å². The number of aryl methyl sites for hydroxylation is 1. The Labute approximate surface area is 168 Å². The first-order valence-corrected chi connectivity index (χ1v) is 9.71. The number of tetrazole rings is 1. The third-order valence-electron chi connectivity index (χ3n) is 4.36. The fourth-order valence-corrected chi connectivity index (χ4v) is 3.63. The number of carbonyl (C=O) groups excluding carboxylic acids is 1. The molecule has 29 heavy (non-hydrogen) atoms. The van der Waals surface area contributed by atoms with Crippen molar-refractivity contribution in [3.05, 3.63) is 68.3 Å². The number of hydrogen-bond donors (Lipinski definition) is 1. The highest BCUT2D eigenvalue weighted by molar-refractivity contribution is 7.12. The van der Waals surface area contributed by atoms with Crippen molar-refractivity contribution in [2.75, 3.05) is 6.54 Å². The Morgan fingerprint density at radius 1 is 1.10 bits per heavy atom. The van der Waals surface area contributed by atoms with E-state index in [4.69, 9.17) is 0 Å². The Balaban J connectivity index is 1.42. The van der Waals surface area contributed by atoms with Gasteiger partial charge in [-0.25, -0.2) is 9.48 Å². The number of thiophene rings is 1. The fourth-order valence-electron chi connectivity index (χ4n) is 2.97. The van der Waals surface area contributed by atoms with Gasteiger partial charge < -0.3 is 5.32 Å². The van der Waals surface area contributed by atoms with Crippen molar-refractivity contribution in [3.8, 4) is 5.00 Å². The highest BCUT2D eigenvalue weighted by Gasteiger charge is 2.13. The summed E-state index contributed by atoms with van der Waals surface area (Å²) in [6, 6.07) is 10.7. The van der Waals surface area contributed by atoms with Crippen LogP contribution < -0.4 is 16.6 Å². The minimum atomic E-state index is -0.368. The number of hydrogen-bond acceptors (Lipinski definition) is 7. The lowest BCUT2D eigenvalue weighted by molar-refractivity contribution is -0.120. The van der Waals surface area contributed by atoms with Crippen LogP contribution in [0, 0.1) is 0 Å². The molecule has 1 aromatic carbocycles. The molecule has 3 heterocycles. The zero-order valence-electron chi connectivity index (χ0n) is 15.5. The molecule has 4 aromatic rings. The molecular formula is C18H17N7O3S. The second-order valence-electron chi connectivity index (χ2n) is 6.30. The van der Waals surface area contributed by atoms with Gasteiger partial charge in [0.2, 0.25) is 5.91 Å². The molecule has 148 valence electrons. The Kier molecular flexibility index (Phi) is 5.04. The van der Waals surface area contributed by atoms with Gasteiger partial charge in [-0.3, -0.25) is 9.59 Å². The van der Waals surface area contributed by atoms with Gasteiger partial charge in [0.1, 0.15) is 5.00 Å². The van der Waals surface area contributed by atoms with Gasteiger partial charge in [-0.2, -0.15) is 14.5 Å². The second-order valence-corrected chi connectivity index (χ2v) is 7.22. The highest BCUT2D eigenvalue weighted by Crippen LogP contribution is 2.13. The van der Waals surface area contributed by atoms with Crippen molar-refractivity contribution in [1.29, 1.82) is 0 Å². The van der Waals surface area contributed by atoms with E-state index in [1.807, 2.05) is 11.4 Å². The third kappa shape index (κ3) is 3.72. The van der Waals surface area contributed by atoms with Gasteiger partial charge in [-0.1, -0.05) is 18.2 Å². The number of rotatable bonds is 6. The number of nitrogens with zero attached hydrogens (tertiary/aromatic N) is 6. The molecular weight excluding hydrogens is 394 g/mol. The average Bonchev–Trinajstić information content (AvgIpc) is 3.36. The number of fused-ring (bicyclic) bond motifs is 1. The van der Waals surface area contributed by atoms with Gasteiger partial charge in [0.15, 0.2) is 0 Å². The van der Waals surface area contributed by atoms with Crippen LogP contribution in [0.5, 0.6) is 0 Å². The molecule has 0 unspecified atom stereocenters. The first kappa shape index (κ1) is 18.7. The smallest absolute Gasteiger partial charge is 0.354 e. The molecule has 0 saturated heterocycles. The van der Waals surface area contributed by atoms with Gasteiger partial charge in [0.05, 0.1) is 24.0 Å². The molecule has 0 saturated carbocycles. The van der Waals surface area contributed by atoms with E-state index in [9.17, 15) is 14.4 Å². The van der Waals surface area contributed by atoms with Crippen LogP contribution >= 0.6 is 11.3 Å². The summed E-state index contributed by atoms with van der Waals surface area (Å²) in [5, 5.41) is 18.3. The number of nitrogens with one attached hydrogen (secondary N) is 1. The lowest BCUT2D eigenvalue weighted by atomic mass is 10.1. The van der Waals surface area contributed by atoms with Crippen molar-refractivity contribution in [2.24, 2.45) is 7.05 Å². The van der Waals surface area contributed by atoms with E-state index in [1.54, 1.807) is 37.4 Å². The topological polar surface area (TPSA) is 117 Å². The van der Waals surface area contributed by atoms with Gasteiger partial charge in [-0.05, 0) is 34.0 Å². The minimum Gasteiger partial charge on any atom is -0.354 e. The van der Waals surface area contributed by atoms with Crippen LogP contribution in [0.15, 0.2) is 51.4 Å². The summed E-state index contributed by atoms with van der Waals surface area (Å²) >= 11 is 1.38. The highest BCUT2D eigenvalue weighted by atomic mass is 32.1. The van der Waals surface area contributed by atoms with Crippen molar-refractivity contribution in [1.82, 2.24) is 34.9 Å². The summed E-state index contributed by atoms with van der Waals surface area (Å²) in [5.41, 5.74) is -0.0635. The molecule has 1 N–H and O–H groups in total. The van der Waals surface area contributed by atoms with Crippen molar-refractivity contribution in [3.63, 3.8) is 0 Å². The van der Waals surface area contributed by atoms with Crippen LogP contribution in [0.3, 0.4) is 0 Å². The molecule has 0 aliphatic carbocycles. The normalized spacial score (nSPS) is 11.1. The molecule has 10 nitrogen and oxygen atoms in total. The Morgan fingerprint density at radius 3 is 2.66 bits per heavy atom. The molecule has 0 aliphatic heterocycles. The van der Waals surface area contributed by atoms with Crippen LogP contribution in [0.25, 0.3) is 15.8 Å². The van der Waals surface area contributed by atoms with E-state index < -0.39 is 0 Å². The summed E-state index contributed by atoms with van der Waals surface area (Å²) in [5.74, 6) is -0.264. The first-order chi connectivity index (χ1) is 14.0. The number of amides is 1. The van der Waals surface area contributed by atoms with Crippen LogP contribution in [-0.4, -0.2) is 42.0 Å². The predicted octanol–water partition coefficient (Wildman–Crippen LogP) is 0.0963. The number of carbonyl (C=O) groups is 1. The molecule has 0 atom stereocenters. The number of aromatic nitrogens is 6.